The summed E-state index contributed by atoms with van der Waals surface area (Å²) < 4.78 is 19.8. The van der Waals surface area contributed by atoms with Crippen LogP contribution in [0.1, 0.15) is 39.0 Å². The molecular weight excluding hydrogens is 697 g/mol. The van der Waals surface area contributed by atoms with Crippen molar-refractivity contribution in [1.82, 2.24) is 38.7 Å². The Kier molecular flexibility index (Phi) is 8.59. The molecule has 0 fully saturated rings. The third-order valence-electron chi connectivity index (χ3n) is 10.1. The first-order valence-corrected chi connectivity index (χ1v) is 17.8. The normalized spacial score (nSPS) is 11.9. The fraction of sp³-hybridized carbons (Fsp3) is 0.220. The second kappa shape index (κ2) is 13.5. The molecule has 8 rings (SSSR count). The van der Waals surface area contributed by atoms with Gasteiger partial charge in [0.1, 0.15) is 11.5 Å². The molecular formula is C41H40N10O4. The lowest BCUT2D eigenvalue weighted by atomic mass is 10.1. The van der Waals surface area contributed by atoms with Gasteiger partial charge in [0.15, 0.2) is 0 Å². The molecule has 0 spiro atoms. The van der Waals surface area contributed by atoms with Crippen molar-refractivity contribution in [1.29, 1.82) is 0 Å². The third-order valence-corrected chi connectivity index (χ3v) is 10.1. The standard InChI is InChI=1S/C41H40N10O4/c1-7-51-35(13-23(3)47-51)31-19-33-29(21-45-31)27-15-25(41(43)53)17-37(55-6)39(27)50(33)11-9-8-10-49-32-18-30(34-12-22(2)46-48(34)4)44-20-28(32)26-14-24(40(42)52)16-36(54-5)38(26)49/h8-9,12-21H,7,10-11H2,1-6H3,(H2,42,52)(H2,43,53)/b9-8+. The maximum atomic E-state index is 12.4. The van der Waals surface area contributed by atoms with E-state index in [1.165, 1.54) is 0 Å². The number of benzene rings is 2. The number of hydrogen-bond acceptors (Lipinski definition) is 8. The molecule has 0 saturated carbocycles. The van der Waals surface area contributed by atoms with E-state index in [2.05, 4.69) is 37.5 Å². The molecule has 0 aliphatic carbocycles. The number of aryl methyl sites for hydroxylation is 4. The van der Waals surface area contributed by atoms with E-state index in [1.807, 2.05) is 67.8 Å². The third kappa shape index (κ3) is 5.82. The van der Waals surface area contributed by atoms with E-state index in [0.717, 1.165) is 77.8 Å². The molecule has 0 radical (unpaired) electrons. The first-order valence-electron chi connectivity index (χ1n) is 17.8. The average Bonchev–Trinajstić information content (AvgIpc) is 3.91. The van der Waals surface area contributed by atoms with Gasteiger partial charge >= 0.3 is 0 Å². The topological polar surface area (TPSA) is 176 Å². The Morgan fingerprint density at radius 2 is 1.15 bits per heavy atom. The van der Waals surface area contributed by atoms with E-state index in [0.29, 0.717) is 42.3 Å². The molecule has 278 valence electrons. The first-order chi connectivity index (χ1) is 26.5. The highest BCUT2D eigenvalue weighted by atomic mass is 16.5. The Bertz CT molecular complexity index is 2890. The van der Waals surface area contributed by atoms with Crippen molar-refractivity contribution in [2.24, 2.45) is 18.5 Å². The monoisotopic (exact) mass is 736 g/mol. The summed E-state index contributed by atoms with van der Waals surface area (Å²) in [5, 5.41) is 12.5. The molecule has 2 amide bonds. The molecule has 8 aromatic rings. The van der Waals surface area contributed by atoms with Crippen LogP contribution in [0.25, 0.3) is 66.4 Å². The number of primary amides is 2. The van der Waals surface area contributed by atoms with Gasteiger partial charge in [0.2, 0.25) is 11.8 Å². The maximum absolute atomic E-state index is 12.4. The van der Waals surface area contributed by atoms with Crippen LogP contribution in [0.3, 0.4) is 0 Å². The van der Waals surface area contributed by atoms with Crippen molar-refractivity contribution in [2.75, 3.05) is 14.2 Å². The summed E-state index contributed by atoms with van der Waals surface area (Å²) in [7, 11) is 5.06. The minimum Gasteiger partial charge on any atom is -0.495 e. The van der Waals surface area contributed by atoms with Gasteiger partial charge in [0, 0.05) is 71.7 Å². The van der Waals surface area contributed by atoms with Crippen LogP contribution in [0.2, 0.25) is 0 Å². The van der Waals surface area contributed by atoms with Gasteiger partial charge in [-0.25, -0.2) is 0 Å². The molecule has 14 heteroatoms. The van der Waals surface area contributed by atoms with E-state index in [1.54, 1.807) is 38.5 Å². The fourth-order valence-corrected chi connectivity index (χ4v) is 7.63. The maximum Gasteiger partial charge on any atom is 0.248 e. The van der Waals surface area contributed by atoms with Gasteiger partial charge < -0.3 is 30.1 Å². The summed E-state index contributed by atoms with van der Waals surface area (Å²) >= 11 is 0. The predicted octanol–water partition coefficient (Wildman–Crippen LogP) is 6.06. The molecule has 0 atom stereocenters. The zero-order valence-electron chi connectivity index (χ0n) is 31.4. The second-order valence-corrected chi connectivity index (χ2v) is 13.5. The number of methoxy groups -OCH3 is 2. The van der Waals surface area contributed by atoms with Crippen molar-refractivity contribution in [3.63, 3.8) is 0 Å². The summed E-state index contributed by atoms with van der Waals surface area (Å²) in [5.74, 6) is -0.0509. The van der Waals surface area contributed by atoms with E-state index >= 15 is 0 Å². The Morgan fingerprint density at radius 1 is 0.673 bits per heavy atom. The number of allylic oxidation sites excluding steroid dienone is 2. The van der Waals surface area contributed by atoms with Crippen molar-refractivity contribution < 1.29 is 19.1 Å². The van der Waals surface area contributed by atoms with Gasteiger partial charge in [-0.05, 0) is 69.3 Å². The van der Waals surface area contributed by atoms with Crippen LogP contribution >= 0.6 is 0 Å². The molecule has 2 aromatic carbocycles. The Morgan fingerprint density at radius 3 is 1.58 bits per heavy atom. The fourth-order valence-electron chi connectivity index (χ4n) is 7.63. The lowest BCUT2D eigenvalue weighted by Gasteiger charge is -2.11. The van der Waals surface area contributed by atoms with Gasteiger partial charge in [-0.3, -0.25) is 28.9 Å². The molecule has 0 bridgehead atoms. The van der Waals surface area contributed by atoms with Crippen molar-refractivity contribution in [3.05, 3.63) is 95.6 Å². The van der Waals surface area contributed by atoms with Crippen molar-refractivity contribution in [3.8, 4) is 34.3 Å². The number of carbonyl (C=O) groups is 2. The van der Waals surface area contributed by atoms with E-state index in [9.17, 15) is 9.59 Å². The van der Waals surface area contributed by atoms with Crippen LogP contribution in [0.4, 0.5) is 0 Å². The van der Waals surface area contributed by atoms with Gasteiger partial charge in [0.05, 0.1) is 70.4 Å². The van der Waals surface area contributed by atoms with Crippen LogP contribution in [-0.4, -0.2) is 64.7 Å². The van der Waals surface area contributed by atoms with E-state index in [4.69, 9.17) is 30.9 Å². The summed E-state index contributed by atoms with van der Waals surface area (Å²) in [4.78, 5) is 34.4. The number of aromatic nitrogens is 8. The number of nitrogens with two attached hydrogens (primary N) is 2. The molecule has 0 aliphatic heterocycles. The number of carbonyl (C=O) groups excluding carboxylic acids is 2. The molecule has 6 heterocycles. The van der Waals surface area contributed by atoms with E-state index in [-0.39, 0.29) is 0 Å². The zero-order chi connectivity index (χ0) is 38.7. The Hall–Kier alpha value is -6.96. The lowest BCUT2D eigenvalue weighted by molar-refractivity contribution is 0.0991. The van der Waals surface area contributed by atoms with Crippen LogP contribution < -0.4 is 20.9 Å². The zero-order valence-corrected chi connectivity index (χ0v) is 31.4. The molecule has 0 saturated heterocycles. The molecule has 6 aromatic heterocycles. The van der Waals surface area contributed by atoms with Crippen molar-refractivity contribution in [2.45, 2.75) is 40.4 Å². The number of hydrogen-bond donors (Lipinski definition) is 2. The van der Waals surface area contributed by atoms with Crippen LogP contribution in [0, 0.1) is 13.8 Å². The quantitative estimate of drug-likeness (QED) is 0.151. The number of ether oxygens (including phenoxy) is 2. The van der Waals surface area contributed by atoms with Crippen molar-refractivity contribution >= 4 is 55.4 Å². The summed E-state index contributed by atoms with van der Waals surface area (Å²) in [5.41, 5.74) is 20.7. The van der Waals surface area contributed by atoms with Gasteiger partial charge in [-0.1, -0.05) is 12.2 Å². The molecule has 0 aliphatic rings. The highest BCUT2D eigenvalue weighted by molar-refractivity contribution is 6.14. The predicted molar refractivity (Wildman–Crippen MR) is 212 cm³/mol. The summed E-state index contributed by atoms with van der Waals surface area (Å²) in [6, 6.07) is 15.0. The second-order valence-electron chi connectivity index (χ2n) is 13.5. The number of nitrogens with zero attached hydrogens (tertiary/aromatic N) is 8. The minimum atomic E-state index is -0.548. The molecule has 55 heavy (non-hydrogen) atoms. The molecule has 14 nitrogen and oxygen atoms in total. The average molecular weight is 737 g/mol. The number of pyridine rings is 2. The number of rotatable bonds is 11. The Balaban J connectivity index is 1.27. The summed E-state index contributed by atoms with van der Waals surface area (Å²) in [6.45, 7) is 7.58. The van der Waals surface area contributed by atoms with Crippen LogP contribution in [0.5, 0.6) is 11.5 Å². The summed E-state index contributed by atoms with van der Waals surface area (Å²) in [6.07, 6.45) is 7.84. The highest BCUT2D eigenvalue weighted by Gasteiger charge is 2.21. The van der Waals surface area contributed by atoms with Crippen LogP contribution in [0.15, 0.2) is 73.1 Å². The highest BCUT2D eigenvalue weighted by Crippen LogP contribution is 2.39. The number of amides is 2. The van der Waals surface area contributed by atoms with Gasteiger partial charge in [-0.15, -0.1) is 0 Å². The molecule has 4 N–H and O–H groups in total. The van der Waals surface area contributed by atoms with E-state index < -0.39 is 11.8 Å². The first kappa shape index (κ1) is 35.1. The lowest BCUT2D eigenvalue weighted by Crippen LogP contribution is -2.11. The Labute approximate surface area is 315 Å². The smallest absolute Gasteiger partial charge is 0.248 e. The van der Waals surface area contributed by atoms with Crippen LogP contribution in [-0.2, 0) is 26.7 Å². The van der Waals surface area contributed by atoms with Gasteiger partial charge in [0.25, 0.3) is 0 Å². The number of fused-ring (bicyclic) bond motifs is 6. The van der Waals surface area contributed by atoms with Gasteiger partial charge in [-0.2, -0.15) is 10.2 Å². The largest absolute Gasteiger partial charge is 0.495 e. The minimum absolute atomic E-state index is 0.344. The molecule has 0 unspecified atom stereocenters. The SMILES string of the molecule is CCn1nc(C)cc1-c1cc2c(cn1)c1cc(C(N)=O)cc(OC)c1n2C/C=C/Cn1c2cc(-c3cc(C)nn3C)ncc2c2cc(C(N)=O)cc(OC)c21.